The van der Waals surface area contributed by atoms with Crippen molar-refractivity contribution in [3.8, 4) is 11.5 Å². The van der Waals surface area contributed by atoms with Gasteiger partial charge in [0, 0.05) is 11.0 Å². The zero-order valence-corrected chi connectivity index (χ0v) is 8.19. The fraction of sp³-hybridized carbons (Fsp3) is 0.333. The van der Waals surface area contributed by atoms with E-state index in [0.29, 0.717) is 17.7 Å². The van der Waals surface area contributed by atoms with E-state index in [1.54, 1.807) is 0 Å². The molecule has 0 aliphatic rings. The van der Waals surface area contributed by atoms with Gasteiger partial charge in [-0.05, 0) is 12.5 Å². The van der Waals surface area contributed by atoms with E-state index in [4.69, 9.17) is 14.8 Å². The van der Waals surface area contributed by atoms with Gasteiger partial charge in [-0.2, -0.15) is 0 Å². The molecule has 0 atom stereocenters. The third-order valence-corrected chi connectivity index (χ3v) is 2.10. The molecule has 0 heterocycles. The Hall–Kier alpha value is -1.20. The highest BCUT2D eigenvalue weighted by Gasteiger charge is 2.20. The number of hydrogen-bond donors (Lipinski definition) is 3. The summed E-state index contributed by atoms with van der Waals surface area (Å²) in [5.41, 5.74) is 0.847. The highest BCUT2D eigenvalue weighted by molar-refractivity contribution is 6.59. The van der Waals surface area contributed by atoms with E-state index in [2.05, 4.69) is 0 Å². The van der Waals surface area contributed by atoms with Crippen LogP contribution in [0.5, 0.6) is 11.5 Å². The van der Waals surface area contributed by atoms with Gasteiger partial charge in [0.2, 0.25) is 0 Å². The summed E-state index contributed by atoms with van der Waals surface area (Å²) in [5.74, 6) is 0.441. The molecule has 0 saturated heterocycles. The molecule has 0 aliphatic heterocycles. The summed E-state index contributed by atoms with van der Waals surface area (Å²) in [5, 5.41) is 27.6. The van der Waals surface area contributed by atoms with Gasteiger partial charge < -0.3 is 19.9 Å². The Kier molecular flexibility index (Phi) is 3.38. The number of phenolic OH excluding ortho intramolecular Hbond substituents is 1. The van der Waals surface area contributed by atoms with E-state index < -0.39 is 7.12 Å². The Morgan fingerprint density at radius 3 is 2.43 bits per heavy atom. The van der Waals surface area contributed by atoms with Crippen molar-refractivity contribution in [2.24, 2.45) is 0 Å². The SMILES string of the molecule is CCc1c(O)ccc(B(O)O)c1OC. The lowest BCUT2D eigenvalue weighted by atomic mass is 9.78. The molecule has 0 aliphatic carbocycles. The predicted molar refractivity (Wildman–Crippen MR) is 53.9 cm³/mol. The molecule has 0 aromatic heterocycles. The Labute approximate surface area is 82.9 Å². The molecule has 0 unspecified atom stereocenters. The van der Waals surface area contributed by atoms with Gasteiger partial charge in [-0.25, -0.2) is 0 Å². The van der Waals surface area contributed by atoms with E-state index >= 15 is 0 Å². The van der Waals surface area contributed by atoms with Crippen LogP contribution in [0.4, 0.5) is 0 Å². The normalized spacial score (nSPS) is 10.0. The largest absolute Gasteiger partial charge is 0.508 e. The lowest BCUT2D eigenvalue weighted by Gasteiger charge is -2.13. The molecule has 1 aromatic carbocycles. The molecular weight excluding hydrogens is 183 g/mol. The van der Waals surface area contributed by atoms with E-state index in [1.165, 1.54) is 19.2 Å². The molecule has 14 heavy (non-hydrogen) atoms. The van der Waals surface area contributed by atoms with E-state index in [-0.39, 0.29) is 11.2 Å². The summed E-state index contributed by atoms with van der Waals surface area (Å²) in [7, 11) is -0.157. The van der Waals surface area contributed by atoms with Crippen LogP contribution in [0.3, 0.4) is 0 Å². The summed E-state index contributed by atoms with van der Waals surface area (Å²) >= 11 is 0. The van der Waals surface area contributed by atoms with Crippen LogP contribution >= 0.6 is 0 Å². The van der Waals surface area contributed by atoms with Crippen molar-refractivity contribution in [2.45, 2.75) is 13.3 Å². The lowest BCUT2D eigenvalue weighted by Crippen LogP contribution is -2.31. The molecule has 3 N–H and O–H groups in total. The molecule has 0 saturated carbocycles. The second-order valence-electron chi connectivity index (χ2n) is 2.91. The quantitative estimate of drug-likeness (QED) is 0.577. The predicted octanol–water partition coefficient (Wildman–Crippen LogP) is -0.357. The Morgan fingerprint density at radius 2 is 2.00 bits per heavy atom. The topological polar surface area (TPSA) is 69.9 Å². The second-order valence-corrected chi connectivity index (χ2v) is 2.91. The van der Waals surface area contributed by atoms with Crippen LogP contribution in [0.2, 0.25) is 0 Å². The van der Waals surface area contributed by atoms with Crippen LogP contribution in [0.15, 0.2) is 12.1 Å². The Bertz CT molecular complexity index is 325. The van der Waals surface area contributed by atoms with Crippen molar-refractivity contribution in [2.75, 3.05) is 7.11 Å². The third-order valence-electron chi connectivity index (χ3n) is 2.10. The summed E-state index contributed by atoms with van der Waals surface area (Å²) in [6, 6.07) is 2.86. The van der Waals surface area contributed by atoms with Crippen molar-refractivity contribution in [3.05, 3.63) is 17.7 Å². The second kappa shape index (κ2) is 4.35. The summed E-state index contributed by atoms with van der Waals surface area (Å²) < 4.78 is 5.03. The number of phenols is 1. The standard InChI is InChI=1S/C9H13BO4/c1-3-6-8(11)5-4-7(10(12)13)9(6)14-2/h4-5,11-13H,3H2,1-2H3. The first-order valence-corrected chi connectivity index (χ1v) is 4.36. The molecule has 0 spiro atoms. The minimum absolute atomic E-state index is 0.105. The monoisotopic (exact) mass is 196 g/mol. The molecular formula is C9H13BO4. The van der Waals surface area contributed by atoms with Crippen LogP contribution < -0.4 is 10.2 Å². The van der Waals surface area contributed by atoms with Crippen molar-refractivity contribution in [1.82, 2.24) is 0 Å². The van der Waals surface area contributed by atoms with E-state index in [9.17, 15) is 5.11 Å². The molecule has 76 valence electrons. The lowest BCUT2D eigenvalue weighted by molar-refractivity contribution is 0.393. The van der Waals surface area contributed by atoms with Crippen molar-refractivity contribution < 1.29 is 19.9 Å². The van der Waals surface area contributed by atoms with Gasteiger partial charge in [0.15, 0.2) is 0 Å². The molecule has 0 fully saturated rings. The highest BCUT2D eigenvalue weighted by Crippen LogP contribution is 2.26. The maximum atomic E-state index is 9.49. The highest BCUT2D eigenvalue weighted by atomic mass is 16.5. The number of benzene rings is 1. The fourth-order valence-corrected chi connectivity index (χ4v) is 1.42. The fourth-order valence-electron chi connectivity index (χ4n) is 1.42. The number of hydrogen-bond acceptors (Lipinski definition) is 4. The molecule has 4 nitrogen and oxygen atoms in total. The molecule has 0 amide bonds. The van der Waals surface area contributed by atoms with Crippen LogP contribution in [-0.4, -0.2) is 29.4 Å². The maximum Gasteiger partial charge on any atom is 0.492 e. The molecule has 1 rings (SSSR count). The van der Waals surface area contributed by atoms with Crippen LogP contribution in [-0.2, 0) is 6.42 Å². The molecule has 5 heteroatoms. The van der Waals surface area contributed by atoms with E-state index in [0.717, 1.165) is 0 Å². The third kappa shape index (κ3) is 1.83. The smallest absolute Gasteiger partial charge is 0.492 e. The number of methoxy groups -OCH3 is 1. The zero-order valence-electron chi connectivity index (χ0n) is 8.19. The van der Waals surface area contributed by atoms with Gasteiger partial charge in [-0.15, -0.1) is 0 Å². The minimum atomic E-state index is -1.59. The first kappa shape index (κ1) is 10.9. The average molecular weight is 196 g/mol. The summed E-state index contributed by atoms with van der Waals surface area (Å²) in [6.45, 7) is 1.85. The zero-order chi connectivity index (χ0) is 10.7. The number of rotatable bonds is 3. The summed E-state index contributed by atoms with van der Waals surface area (Å²) in [6.07, 6.45) is 0.565. The molecule has 0 bridgehead atoms. The minimum Gasteiger partial charge on any atom is -0.508 e. The van der Waals surface area contributed by atoms with Crippen LogP contribution in [0.25, 0.3) is 0 Å². The molecule has 0 radical (unpaired) electrons. The maximum absolute atomic E-state index is 9.49. The van der Waals surface area contributed by atoms with Gasteiger partial charge in [0.25, 0.3) is 0 Å². The van der Waals surface area contributed by atoms with Gasteiger partial charge >= 0.3 is 7.12 Å². The Balaban J connectivity index is 3.33. The van der Waals surface area contributed by atoms with Gasteiger partial charge in [0.05, 0.1) is 7.11 Å². The van der Waals surface area contributed by atoms with E-state index in [1.807, 2.05) is 6.92 Å². The molecule has 1 aromatic rings. The Morgan fingerprint density at radius 1 is 1.36 bits per heavy atom. The van der Waals surface area contributed by atoms with Gasteiger partial charge in [-0.1, -0.05) is 13.0 Å². The first-order valence-electron chi connectivity index (χ1n) is 4.36. The van der Waals surface area contributed by atoms with Crippen LogP contribution in [0, 0.1) is 0 Å². The van der Waals surface area contributed by atoms with Crippen molar-refractivity contribution in [1.29, 1.82) is 0 Å². The van der Waals surface area contributed by atoms with Crippen LogP contribution in [0.1, 0.15) is 12.5 Å². The summed E-state index contributed by atoms with van der Waals surface area (Å²) in [4.78, 5) is 0. The van der Waals surface area contributed by atoms with Crippen molar-refractivity contribution >= 4 is 12.6 Å². The first-order chi connectivity index (χ1) is 6.61. The van der Waals surface area contributed by atoms with Gasteiger partial charge in [-0.3, -0.25) is 0 Å². The number of ether oxygens (including phenoxy) is 1. The van der Waals surface area contributed by atoms with Crippen molar-refractivity contribution in [3.63, 3.8) is 0 Å². The number of aromatic hydroxyl groups is 1. The van der Waals surface area contributed by atoms with Gasteiger partial charge in [0.1, 0.15) is 11.5 Å². The average Bonchev–Trinajstić information content (AvgIpc) is 2.16.